The Balaban J connectivity index is 1.26. The number of carbonyl (C=O) groups is 1. The van der Waals surface area contributed by atoms with Crippen LogP contribution in [0, 0.1) is 5.92 Å². The van der Waals surface area contributed by atoms with E-state index in [2.05, 4.69) is 0 Å². The van der Waals surface area contributed by atoms with Gasteiger partial charge >= 0.3 is 5.97 Å². The summed E-state index contributed by atoms with van der Waals surface area (Å²) in [7, 11) is 0. The van der Waals surface area contributed by atoms with Gasteiger partial charge in [0.05, 0.1) is 34.6 Å². The van der Waals surface area contributed by atoms with Crippen LogP contribution >= 0.6 is 11.6 Å². The van der Waals surface area contributed by atoms with Crippen molar-refractivity contribution < 1.29 is 32.9 Å². The molecule has 0 unspecified atom stereocenters. The molecule has 0 saturated heterocycles. The van der Waals surface area contributed by atoms with Gasteiger partial charge < -0.3 is 28.1 Å². The first-order valence-electron chi connectivity index (χ1n) is 11.8. The summed E-state index contributed by atoms with van der Waals surface area (Å²) in [6.07, 6.45) is 1.25. The third-order valence-electron chi connectivity index (χ3n) is 5.98. The van der Waals surface area contributed by atoms with Gasteiger partial charge in [0.15, 0.2) is 22.5 Å². The van der Waals surface area contributed by atoms with Crippen LogP contribution in [-0.2, 0) is 14.3 Å². The van der Waals surface area contributed by atoms with Crippen LogP contribution in [0.15, 0.2) is 45.6 Å². The molecule has 1 aliphatic carbocycles. The number of hydrogen-bond acceptors (Lipinski definition) is 8. The standard InChI is InChI=1S/C27H27ClO8/c1-27(2,3)36-26(30)15-9-16(10-15)31-7-8-32-21-13-24-23(33-14-34-24)11-18(21)22-12-20(29)17-5-4-6-19(28)25(17)35-22/h4-6,11-13,15-16H,7-10,14H2,1-3H3. The van der Waals surface area contributed by atoms with Gasteiger partial charge in [-0.15, -0.1) is 0 Å². The van der Waals surface area contributed by atoms with E-state index in [0.717, 1.165) is 0 Å². The molecule has 1 aromatic heterocycles. The average molecular weight is 515 g/mol. The first kappa shape index (κ1) is 24.5. The highest BCUT2D eigenvalue weighted by Crippen LogP contribution is 2.43. The molecule has 1 saturated carbocycles. The molecule has 2 aliphatic rings. The summed E-state index contributed by atoms with van der Waals surface area (Å²) >= 11 is 6.28. The van der Waals surface area contributed by atoms with E-state index >= 15 is 0 Å². The first-order chi connectivity index (χ1) is 17.2. The summed E-state index contributed by atoms with van der Waals surface area (Å²) in [5.74, 6) is 1.51. The highest BCUT2D eigenvalue weighted by atomic mass is 35.5. The number of halogens is 1. The maximum Gasteiger partial charge on any atom is 0.309 e. The molecule has 0 radical (unpaired) electrons. The van der Waals surface area contributed by atoms with Gasteiger partial charge in [-0.05, 0) is 51.8 Å². The fourth-order valence-electron chi connectivity index (χ4n) is 4.16. The van der Waals surface area contributed by atoms with Crippen molar-refractivity contribution in [3.8, 4) is 28.6 Å². The molecule has 2 heterocycles. The maximum atomic E-state index is 12.7. The van der Waals surface area contributed by atoms with Crippen molar-refractivity contribution in [1.29, 1.82) is 0 Å². The lowest BCUT2D eigenvalue weighted by atomic mass is 9.82. The lowest BCUT2D eigenvalue weighted by Crippen LogP contribution is -2.40. The fraction of sp³-hybridized carbons (Fsp3) is 0.407. The van der Waals surface area contributed by atoms with Crippen LogP contribution in [-0.4, -0.2) is 37.7 Å². The van der Waals surface area contributed by atoms with E-state index in [-0.39, 0.29) is 36.8 Å². The Morgan fingerprint density at radius 3 is 2.58 bits per heavy atom. The summed E-state index contributed by atoms with van der Waals surface area (Å²) in [6, 6.07) is 9.87. The van der Waals surface area contributed by atoms with Gasteiger partial charge in [0.25, 0.3) is 0 Å². The van der Waals surface area contributed by atoms with Crippen molar-refractivity contribution in [2.45, 2.75) is 45.3 Å². The molecule has 0 spiro atoms. The van der Waals surface area contributed by atoms with Gasteiger partial charge in [0.1, 0.15) is 23.7 Å². The highest BCUT2D eigenvalue weighted by Gasteiger charge is 2.37. The SMILES string of the molecule is CC(C)(C)OC(=O)C1CC(OCCOc2cc3c(cc2-c2cc(=O)c4cccc(Cl)c4o2)OCO3)C1. The number of ether oxygens (including phenoxy) is 5. The minimum absolute atomic E-state index is 0.0111. The van der Waals surface area contributed by atoms with Crippen molar-refractivity contribution in [2.75, 3.05) is 20.0 Å². The summed E-state index contributed by atoms with van der Waals surface area (Å²) in [4.78, 5) is 24.9. The number of benzene rings is 2. The Hall–Kier alpha value is -3.23. The molecule has 0 amide bonds. The van der Waals surface area contributed by atoms with Crippen molar-refractivity contribution in [2.24, 2.45) is 5.92 Å². The lowest BCUT2D eigenvalue weighted by molar-refractivity contribution is -0.169. The molecule has 2 aromatic carbocycles. The number of carbonyl (C=O) groups excluding carboxylic acids is 1. The number of hydrogen-bond donors (Lipinski definition) is 0. The molecule has 0 N–H and O–H groups in total. The summed E-state index contributed by atoms with van der Waals surface area (Å²) in [5, 5.41) is 0.737. The summed E-state index contributed by atoms with van der Waals surface area (Å²) < 4.78 is 34.3. The quantitative estimate of drug-likeness (QED) is 0.307. The molecule has 1 aliphatic heterocycles. The highest BCUT2D eigenvalue weighted by molar-refractivity contribution is 6.34. The van der Waals surface area contributed by atoms with Gasteiger partial charge in [-0.2, -0.15) is 0 Å². The molecular weight excluding hydrogens is 488 g/mol. The summed E-state index contributed by atoms with van der Waals surface area (Å²) in [5.41, 5.74) is 0.129. The van der Waals surface area contributed by atoms with E-state index in [1.807, 2.05) is 20.8 Å². The number of fused-ring (bicyclic) bond motifs is 2. The van der Waals surface area contributed by atoms with Gasteiger partial charge in [-0.3, -0.25) is 9.59 Å². The van der Waals surface area contributed by atoms with Crippen LogP contribution in [0.25, 0.3) is 22.3 Å². The van der Waals surface area contributed by atoms with E-state index in [1.54, 1.807) is 30.3 Å². The molecule has 190 valence electrons. The number of para-hydroxylation sites is 1. The molecular formula is C27H27ClO8. The monoisotopic (exact) mass is 514 g/mol. The molecule has 8 nitrogen and oxygen atoms in total. The Labute approximate surface area is 213 Å². The third kappa shape index (κ3) is 5.15. The average Bonchev–Trinajstić information content (AvgIpc) is 3.24. The largest absolute Gasteiger partial charge is 0.490 e. The Morgan fingerprint density at radius 2 is 1.83 bits per heavy atom. The minimum atomic E-state index is -0.491. The zero-order chi connectivity index (χ0) is 25.4. The van der Waals surface area contributed by atoms with Gasteiger partial charge in [-0.25, -0.2) is 0 Å². The topological polar surface area (TPSA) is 93.4 Å². The summed E-state index contributed by atoms with van der Waals surface area (Å²) in [6.45, 7) is 6.24. The molecule has 3 aromatic rings. The van der Waals surface area contributed by atoms with Crippen molar-refractivity contribution in [3.63, 3.8) is 0 Å². The van der Waals surface area contributed by atoms with Crippen LogP contribution in [0.3, 0.4) is 0 Å². The molecule has 0 atom stereocenters. The van der Waals surface area contributed by atoms with Gasteiger partial charge in [-0.1, -0.05) is 17.7 Å². The predicted molar refractivity (Wildman–Crippen MR) is 133 cm³/mol. The second kappa shape index (κ2) is 9.67. The minimum Gasteiger partial charge on any atom is -0.490 e. The lowest BCUT2D eigenvalue weighted by Gasteiger charge is -2.35. The molecule has 5 rings (SSSR count). The van der Waals surface area contributed by atoms with E-state index in [4.69, 9.17) is 39.7 Å². The third-order valence-corrected chi connectivity index (χ3v) is 6.27. The van der Waals surface area contributed by atoms with Crippen LogP contribution in [0.1, 0.15) is 33.6 Å². The van der Waals surface area contributed by atoms with Crippen LogP contribution in [0.4, 0.5) is 0 Å². The Kier molecular flexibility index (Phi) is 6.57. The first-order valence-corrected chi connectivity index (χ1v) is 12.2. The maximum absolute atomic E-state index is 12.7. The predicted octanol–water partition coefficient (Wildman–Crippen LogP) is 5.36. The number of rotatable bonds is 7. The van der Waals surface area contributed by atoms with Crippen molar-refractivity contribution in [1.82, 2.24) is 0 Å². The van der Waals surface area contributed by atoms with Crippen molar-refractivity contribution >= 4 is 28.5 Å². The normalized spacial score (nSPS) is 18.7. The number of esters is 1. The zero-order valence-electron chi connectivity index (χ0n) is 20.3. The Morgan fingerprint density at radius 1 is 1.08 bits per heavy atom. The molecule has 9 heteroatoms. The van der Waals surface area contributed by atoms with Gasteiger partial charge in [0, 0.05) is 12.1 Å². The van der Waals surface area contributed by atoms with Gasteiger partial charge in [0.2, 0.25) is 6.79 Å². The van der Waals surface area contributed by atoms with Crippen LogP contribution in [0.5, 0.6) is 17.2 Å². The van der Waals surface area contributed by atoms with Crippen LogP contribution in [0.2, 0.25) is 5.02 Å². The molecule has 36 heavy (non-hydrogen) atoms. The fourth-order valence-corrected chi connectivity index (χ4v) is 4.37. The van der Waals surface area contributed by atoms with E-state index < -0.39 is 5.60 Å². The molecule has 0 bridgehead atoms. The molecule has 1 fully saturated rings. The van der Waals surface area contributed by atoms with Crippen LogP contribution < -0.4 is 19.6 Å². The van der Waals surface area contributed by atoms with E-state index in [9.17, 15) is 9.59 Å². The van der Waals surface area contributed by atoms with Crippen molar-refractivity contribution in [3.05, 3.63) is 51.6 Å². The smallest absolute Gasteiger partial charge is 0.309 e. The Bertz CT molecular complexity index is 1350. The zero-order valence-corrected chi connectivity index (χ0v) is 21.1. The second-order valence-electron chi connectivity index (χ2n) is 9.84. The van der Waals surface area contributed by atoms with E-state index in [1.165, 1.54) is 6.07 Å². The van der Waals surface area contributed by atoms with E-state index in [0.29, 0.717) is 64.0 Å². The second-order valence-corrected chi connectivity index (χ2v) is 10.2.